The second kappa shape index (κ2) is 5.68. The summed E-state index contributed by atoms with van der Waals surface area (Å²) in [6.07, 6.45) is 0. The first-order valence-electron chi connectivity index (χ1n) is 5.12. The molecule has 20 heavy (non-hydrogen) atoms. The Balaban J connectivity index is 2.44. The number of nitro groups is 2. The van der Waals surface area contributed by atoms with Gasteiger partial charge in [-0.15, -0.1) is 0 Å². The van der Waals surface area contributed by atoms with Crippen molar-refractivity contribution in [3.05, 3.63) is 55.4 Å². The molecule has 0 radical (unpaired) electrons. The molecule has 7 nitrogen and oxygen atoms in total. The minimum absolute atomic E-state index is 0.0665. The summed E-state index contributed by atoms with van der Waals surface area (Å²) in [5.74, 6) is 0. The Bertz CT molecular complexity index is 736. The van der Waals surface area contributed by atoms with Crippen LogP contribution in [-0.4, -0.2) is 9.85 Å². The number of hydrogen-bond acceptors (Lipinski definition) is 7. The predicted molar refractivity (Wildman–Crippen MR) is 72.9 cm³/mol. The van der Waals surface area contributed by atoms with Crippen molar-refractivity contribution in [1.82, 2.24) is 0 Å². The van der Waals surface area contributed by atoms with E-state index in [-0.39, 0.29) is 16.3 Å². The molecule has 0 unspecified atom stereocenters. The number of hydrogen-bond donors (Lipinski definition) is 0. The Kier molecular flexibility index (Phi) is 3.97. The highest BCUT2D eigenvalue weighted by Crippen LogP contribution is 2.41. The van der Waals surface area contributed by atoms with E-state index in [1.54, 1.807) is 12.1 Å². The average Bonchev–Trinajstić information content (AvgIpc) is 2.82. The number of nitriles is 1. The van der Waals surface area contributed by atoms with Gasteiger partial charge in [0.15, 0.2) is 5.56 Å². The number of nitro benzene ring substituents is 1. The minimum Gasteiger partial charge on any atom is -0.258 e. The fraction of sp³-hybridized carbons (Fsp3) is 0. The minimum atomic E-state index is -0.632. The molecule has 2 rings (SSSR count). The molecular weight excluding hydrogens is 302 g/mol. The first-order chi connectivity index (χ1) is 9.54. The molecule has 1 heterocycles. The van der Waals surface area contributed by atoms with E-state index < -0.39 is 9.85 Å². The van der Waals surface area contributed by atoms with Crippen molar-refractivity contribution in [3.63, 3.8) is 0 Å². The molecule has 100 valence electrons. The van der Waals surface area contributed by atoms with Crippen LogP contribution in [0, 0.1) is 31.6 Å². The standard InChI is InChI=1S/C11H5N3O4S2/c12-5-7-10(6-19-11(7)14(17)18)20-9-4-2-1-3-8(9)13(15)16/h1-4,6H. The lowest BCUT2D eigenvalue weighted by molar-refractivity contribution is -0.387. The van der Waals surface area contributed by atoms with E-state index in [1.165, 1.54) is 23.6 Å². The fourth-order valence-electron chi connectivity index (χ4n) is 1.46. The summed E-state index contributed by atoms with van der Waals surface area (Å²) in [6, 6.07) is 7.81. The summed E-state index contributed by atoms with van der Waals surface area (Å²) < 4.78 is 0. The molecule has 0 spiro atoms. The third-order valence-electron chi connectivity index (χ3n) is 2.30. The molecule has 1 aromatic carbocycles. The summed E-state index contributed by atoms with van der Waals surface area (Å²) in [7, 11) is 0. The molecule has 0 amide bonds. The van der Waals surface area contributed by atoms with Gasteiger partial charge in [-0.25, -0.2) is 0 Å². The molecule has 0 fully saturated rings. The maximum atomic E-state index is 10.9. The highest BCUT2D eigenvalue weighted by atomic mass is 32.2. The van der Waals surface area contributed by atoms with E-state index >= 15 is 0 Å². The van der Waals surface area contributed by atoms with Gasteiger partial charge >= 0.3 is 5.00 Å². The zero-order chi connectivity index (χ0) is 14.7. The lowest BCUT2D eigenvalue weighted by Crippen LogP contribution is -1.90. The maximum absolute atomic E-state index is 10.9. The van der Waals surface area contributed by atoms with Crippen LogP contribution in [0.4, 0.5) is 10.7 Å². The van der Waals surface area contributed by atoms with Crippen molar-refractivity contribution in [1.29, 1.82) is 5.26 Å². The number of thiophene rings is 1. The number of benzene rings is 1. The van der Waals surface area contributed by atoms with E-state index in [2.05, 4.69) is 0 Å². The lowest BCUT2D eigenvalue weighted by Gasteiger charge is -2.00. The largest absolute Gasteiger partial charge is 0.342 e. The van der Waals surface area contributed by atoms with Gasteiger partial charge in [0.2, 0.25) is 0 Å². The Hall–Kier alpha value is -2.44. The fourth-order valence-corrected chi connectivity index (χ4v) is 3.43. The maximum Gasteiger partial charge on any atom is 0.342 e. The van der Waals surface area contributed by atoms with E-state index in [9.17, 15) is 20.2 Å². The summed E-state index contributed by atoms with van der Waals surface area (Å²) >= 11 is 1.80. The van der Waals surface area contributed by atoms with Gasteiger partial charge in [-0.3, -0.25) is 20.2 Å². The van der Waals surface area contributed by atoms with Gasteiger partial charge in [-0.05, 0) is 6.07 Å². The van der Waals surface area contributed by atoms with Gasteiger partial charge in [0.1, 0.15) is 6.07 Å². The molecule has 1 aromatic heterocycles. The normalized spacial score (nSPS) is 9.95. The molecule has 0 aliphatic carbocycles. The van der Waals surface area contributed by atoms with Crippen molar-refractivity contribution >= 4 is 33.8 Å². The highest BCUT2D eigenvalue weighted by molar-refractivity contribution is 7.99. The van der Waals surface area contributed by atoms with Gasteiger partial charge in [0.05, 0.1) is 14.7 Å². The summed E-state index contributed by atoms with van der Waals surface area (Å²) in [5, 5.41) is 31.9. The van der Waals surface area contributed by atoms with E-state index in [0.29, 0.717) is 9.79 Å². The van der Waals surface area contributed by atoms with E-state index in [4.69, 9.17) is 5.26 Å². The molecule has 0 saturated heterocycles. The molecule has 2 aromatic rings. The van der Waals surface area contributed by atoms with E-state index in [0.717, 1.165) is 23.1 Å². The smallest absolute Gasteiger partial charge is 0.258 e. The quantitative estimate of drug-likeness (QED) is 0.630. The van der Waals surface area contributed by atoms with Crippen molar-refractivity contribution in [2.45, 2.75) is 9.79 Å². The molecule has 0 aliphatic rings. The highest BCUT2D eigenvalue weighted by Gasteiger charge is 2.23. The second-order valence-corrected chi connectivity index (χ2v) is 5.42. The van der Waals surface area contributed by atoms with Gasteiger partial charge in [-0.2, -0.15) is 5.26 Å². The van der Waals surface area contributed by atoms with Crippen molar-refractivity contribution < 1.29 is 9.85 Å². The second-order valence-electron chi connectivity index (χ2n) is 3.48. The summed E-state index contributed by atoms with van der Waals surface area (Å²) in [6.45, 7) is 0. The molecular formula is C11H5N3O4S2. The zero-order valence-corrected chi connectivity index (χ0v) is 11.3. The van der Waals surface area contributed by atoms with Crippen LogP contribution < -0.4 is 0 Å². The predicted octanol–water partition coefficient (Wildman–Crippen LogP) is 3.59. The third-order valence-corrected chi connectivity index (χ3v) is 4.48. The van der Waals surface area contributed by atoms with Crippen molar-refractivity contribution in [2.75, 3.05) is 0 Å². The zero-order valence-electron chi connectivity index (χ0n) is 9.68. The van der Waals surface area contributed by atoms with Crippen molar-refractivity contribution in [2.24, 2.45) is 0 Å². The average molecular weight is 307 g/mol. The van der Waals surface area contributed by atoms with Crippen LogP contribution >= 0.6 is 23.1 Å². The number of nitrogens with zero attached hydrogens (tertiary/aromatic N) is 3. The number of rotatable bonds is 4. The molecule has 0 bridgehead atoms. The number of para-hydroxylation sites is 1. The van der Waals surface area contributed by atoms with Gasteiger partial charge in [0.25, 0.3) is 5.69 Å². The topological polar surface area (TPSA) is 110 Å². The SMILES string of the molecule is N#Cc1c(Sc2ccccc2[N+](=O)[O-])csc1[N+](=O)[O-]. The van der Waals surface area contributed by atoms with E-state index in [1.807, 2.05) is 0 Å². The third kappa shape index (κ3) is 2.61. The Morgan fingerprint density at radius 2 is 1.85 bits per heavy atom. The molecule has 0 saturated carbocycles. The van der Waals surface area contributed by atoms with Crippen LogP contribution in [-0.2, 0) is 0 Å². The van der Waals surface area contributed by atoms with Crippen LogP contribution in [0.15, 0.2) is 39.4 Å². The Morgan fingerprint density at radius 1 is 1.15 bits per heavy atom. The molecule has 0 N–H and O–H groups in total. The van der Waals surface area contributed by atoms with Crippen LogP contribution in [0.5, 0.6) is 0 Å². The van der Waals surface area contributed by atoms with Gasteiger partial charge < -0.3 is 0 Å². The summed E-state index contributed by atoms with van der Waals surface area (Å²) in [5.41, 5.74) is -0.168. The van der Waals surface area contributed by atoms with Crippen LogP contribution in [0.3, 0.4) is 0 Å². The molecule has 0 atom stereocenters. The molecule has 9 heteroatoms. The van der Waals surface area contributed by atoms with Crippen molar-refractivity contribution in [3.8, 4) is 6.07 Å². The van der Waals surface area contributed by atoms with Crippen LogP contribution in [0.2, 0.25) is 0 Å². The van der Waals surface area contributed by atoms with Gasteiger partial charge in [-0.1, -0.05) is 35.2 Å². The van der Waals surface area contributed by atoms with Crippen LogP contribution in [0.1, 0.15) is 5.56 Å². The monoisotopic (exact) mass is 307 g/mol. The summed E-state index contributed by atoms with van der Waals surface area (Å²) in [4.78, 5) is 21.2. The Morgan fingerprint density at radius 3 is 2.45 bits per heavy atom. The Labute approximate surface area is 120 Å². The van der Waals surface area contributed by atoms with Gasteiger partial charge in [0, 0.05) is 16.3 Å². The lowest BCUT2D eigenvalue weighted by atomic mass is 10.3. The first-order valence-corrected chi connectivity index (χ1v) is 6.81. The first kappa shape index (κ1) is 14.0. The molecule has 0 aliphatic heterocycles. The van der Waals surface area contributed by atoms with Crippen LogP contribution in [0.25, 0.3) is 0 Å².